The second kappa shape index (κ2) is 4.40. The normalized spacial score (nSPS) is 10.3. The van der Waals surface area contributed by atoms with Gasteiger partial charge in [-0.3, -0.25) is 0 Å². The second-order valence-corrected chi connectivity index (χ2v) is 3.68. The number of ether oxygens (including phenoxy) is 1. The van der Waals surface area contributed by atoms with E-state index in [2.05, 4.69) is 4.98 Å². The molecule has 78 valence electrons. The molecule has 2 rings (SSSR count). The smallest absolute Gasteiger partial charge is 0.255 e. The van der Waals surface area contributed by atoms with E-state index < -0.39 is 0 Å². The minimum atomic E-state index is 0.681. The maximum Gasteiger partial charge on any atom is 0.255 e. The molecule has 0 unspecified atom stereocenters. The zero-order valence-electron chi connectivity index (χ0n) is 8.56. The molecule has 0 fully saturated rings. The van der Waals surface area contributed by atoms with Gasteiger partial charge in [0.2, 0.25) is 0 Å². The van der Waals surface area contributed by atoms with Gasteiger partial charge in [0.15, 0.2) is 5.76 Å². The standard InChI is InChI=1S/C11H11NO2S/c1-13-9-5-3-8(4-6-9)10-7-12-11(14-10)15-2/h3-7H,1-2H3. The maximum atomic E-state index is 5.50. The van der Waals surface area contributed by atoms with Gasteiger partial charge < -0.3 is 9.15 Å². The Morgan fingerprint density at radius 3 is 2.53 bits per heavy atom. The van der Waals surface area contributed by atoms with Crippen molar-refractivity contribution in [3.63, 3.8) is 0 Å². The second-order valence-electron chi connectivity index (χ2n) is 2.92. The summed E-state index contributed by atoms with van der Waals surface area (Å²) in [6.07, 6.45) is 3.66. The third-order valence-corrected chi connectivity index (χ3v) is 2.57. The summed E-state index contributed by atoms with van der Waals surface area (Å²) in [7, 11) is 1.65. The van der Waals surface area contributed by atoms with E-state index >= 15 is 0 Å². The molecule has 0 radical (unpaired) electrons. The first kappa shape index (κ1) is 10.1. The molecule has 0 N–H and O–H groups in total. The van der Waals surface area contributed by atoms with Gasteiger partial charge in [-0.1, -0.05) is 11.8 Å². The number of nitrogens with zero attached hydrogens (tertiary/aromatic N) is 1. The van der Waals surface area contributed by atoms with Crippen molar-refractivity contribution in [2.75, 3.05) is 13.4 Å². The maximum absolute atomic E-state index is 5.50. The van der Waals surface area contributed by atoms with E-state index in [9.17, 15) is 0 Å². The van der Waals surface area contributed by atoms with Gasteiger partial charge in [0.1, 0.15) is 5.75 Å². The number of hydrogen-bond acceptors (Lipinski definition) is 4. The number of rotatable bonds is 3. The highest BCUT2D eigenvalue weighted by molar-refractivity contribution is 7.98. The molecule has 0 aliphatic heterocycles. The number of aromatic nitrogens is 1. The highest BCUT2D eigenvalue weighted by Gasteiger charge is 2.05. The van der Waals surface area contributed by atoms with Crippen LogP contribution in [0, 0.1) is 0 Å². The van der Waals surface area contributed by atoms with Crippen LogP contribution >= 0.6 is 11.8 Å². The molecule has 1 heterocycles. The first-order valence-corrected chi connectivity index (χ1v) is 5.70. The van der Waals surface area contributed by atoms with Crippen LogP contribution in [0.1, 0.15) is 0 Å². The van der Waals surface area contributed by atoms with Crippen molar-refractivity contribution in [2.45, 2.75) is 5.22 Å². The highest BCUT2D eigenvalue weighted by Crippen LogP contribution is 2.25. The van der Waals surface area contributed by atoms with E-state index in [1.165, 1.54) is 11.8 Å². The Bertz CT molecular complexity index is 436. The third kappa shape index (κ3) is 2.15. The van der Waals surface area contributed by atoms with Gasteiger partial charge in [0, 0.05) is 5.56 Å². The zero-order chi connectivity index (χ0) is 10.7. The van der Waals surface area contributed by atoms with E-state index in [0.717, 1.165) is 17.1 Å². The zero-order valence-corrected chi connectivity index (χ0v) is 9.38. The summed E-state index contributed by atoms with van der Waals surface area (Å²) in [5, 5.41) is 0.681. The van der Waals surface area contributed by atoms with Crippen LogP contribution in [0.25, 0.3) is 11.3 Å². The first-order valence-electron chi connectivity index (χ1n) is 4.47. The number of thioether (sulfide) groups is 1. The van der Waals surface area contributed by atoms with Crippen molar-refractivity contribution in [3.8, 4) is 17.1 Å². The highest BCUT2D eigenvalue weighted by atomic mass is 32.2. The first-order chi connectivity index (χ1) is 7.33. The van der Waals surface area contributed by atoms with E-state index in [-0.39, 0.29) is 0 Å². The number of benzene rings is 1. The van der Waals surface area contributed by atoms with Crippen molar-refractivity contribution < 1.29 is 9.15 Å². The van der Waals surface area contributed by atoms with Gasteiger partial charge in [0.05, 0.1) is 13.3 Å². The molecule has 4 heteroatoms. The molecule has 0 amide bonds. The molecule has 15 heavy (non-hydrogen) atoms. The van der Waals surface area contributed by atoms with Crippen LogP contribution in [0.2, 0.25) is 0 Å². The van der Waals surface area contributed by atoms with Crippen LogP contribution in [0.15, 0.2) is 40.1 Å². The van der Waals surface area contributed by atoms with Crippen molar-refractivity contribution >= 4 is 11.8 Å². The summed E-state index contributed by atoms with van der Waals surface area (Å²) >= 11 is 1.49. The Balaban J connectivity index is 2.28. The summed E-state index contributed by atoms with van der Waals surface area (Å²) in [6, 6.07) is 7.69. The van der Waals surface area contributed by atoms with Crippen molar-refractivity contribution in [2.24, 2.45) is 0 Å². The van der Waals surface area contributed by atoms with Crippen LogP contribution < -0.4 is 4.74 Å². The lowest BCUT2D eigenvalue weighted by Crippen LogP contribution is -1.81. The number of hydrogen-bond donors (Lipinski definition) is 0. The number of methoxy groups -OCH3 is 1. The fraction of sp³-hybridized carbons (Fsp3) is 0.182. The minimum Gasteiger partial charge on any atom is -0.497 e. The Kier molecular flexibility index (Phi) is 2.97. The molecule has 1 aromatic carbocycles. The Labute approximate surface area is 92.5 Å². The molecule has 0 saturated heterocycles. The summed E-state index contributed by atoms with van der Waals surface area (Å²) in [5.74, 6) is 1.62. The van der Waals surface area contributed by atoms with E-state index in [4.69, 9.17) is 9.15 Å². The predicted octanol–water partition coefficient (Wildman–Crippen LogP) is 3.07. The van der Waals surface area contributed by atoms with Gasteiger partial charge in [-0.15, -0.1) is 0 Å². The lowest BCUT2D eigenvalue weighted by atomic mass is 10.2. The van der Waals surface area contributed by atoms with E-state index in [0.29, 0.717) is 5.22 Å². The van der Waals surface area contributed by atoms with Crippen molar-refractivity contribution in [3.05, 3.63) is 30.5 Å². The summed E-state index contributed by atoms with van der Waals surface area (Å²) < 4.78 is 10.6. The monoisotopic (exact) mass is 221 g/mol. The van der Waals surface area contributed by atoms with Gasteiger partial charge in [-0.2, -0.15) is 0 Å². The Hall–Kier alpha value is -1.42. The molecule has 1 aromatic heterocycles. The van der Waals surface area contributed by atoms with Crippen LogP contribution in [0.4, 0.5) is 0 Å². The van der Waals surface area contributed by atoms with Crippen LogP contribution in [0.5, 0.6) is 5.75 Å². The Morgan fingerprint density at radius 1 is 1.27 bits per heavy atom. The van der Waals surface area contributed by atoms with Gasteiger partial charge in [0.25, 0.3) is 5.22 Å². The molecule has 0 aliphatic carbocycles. The van der Waals surface area contributed by atoms with Crippen LogP contribution in [-0.2, 0) is 0 Å². The molecule has 0 aliphatic rings. The molecular formula is C11H11NO2S. The van der Waals surface area contributed by atoms with Gasteiger partial charge in [-0.25, -0.2) is 4.98 Å². The SMILES string of the molecule is COc1ccc(-c2cnc(SC)o2)cc1. The largest absolute Gasteiger partial charge is 0.497 e. The molecule has 0 spiro atoms. The molecule has 3 nitrogen and oxygen atoms in total. The van der Waals surface area contributed by atoms with E-state index in [1.807, 2.05) is 30.5 Å². The molecular weight excluding hydrogens is 210 g/mol. The lowest BCUT2D eigenvalue weighted by Gasteiger charge is -1.99. The molecule has 2 aromatic rings. The lowest BCUT2D eigenvalue weighted by molar-refractivity contribution is 0.414. The summed E-state index contributed by atoms with van der Waals surface area (Å²) in [5.41, 5.74) is 1.00. The van der Waals surface area contributed by atoms with Crippen molar-refractivity contribution in [1.29, 1.82) is 0 Å². The summed E-state index contributed by atoms with van der Waals surface area (Å²) in [6.45, 7) is 0. The third-order valence-electron chi connectivity index (χ3n) is 2.03. The topological polar surface area (TPSA) is 35.3 Å². The van der Waals surface area contributed by atoms with Crippen molar-refractivity contribution in [1.82, 2.24) is 4.98 Å². The predicted molar refractivity (Wildman–Crippen MR) is 60.3 cm³/mol. The fourth-order valence-electron chi connectivity index (χ4n) is 1.24. The van der Waals surface area contributed by atoms with Gasteiger partial charge >= 0.3 is 0 Å². The van der Waals surface area contributed by atoms with Crippen LogP contribution in [0.3, 0.4) is 0 Å². The summed E-state index contributed by atoms with van der Waals surface area (Å²) in [4.78, 5) is 4.12. The van der Waals surface area contributed by atoms with Crippen LogP contribution in [-0.4, -0.2) is 18.3 Å². The van der Waals surface area contributed by atoms with Gasteiger partial charge in [-0.05, 0) is 30.5 Å². The quantitative estimate of drug-likeness (QED) is 0.746. The fourth-order valence-corrected chi connectivity index (χ4v) is 1.57. The average molecular weight is 221 g/mol. The molecule has 0 atom stereocenters. The molecule has 0 bridgehead atoms. The van der Waals surface area contributed by atoms with E-state index in [1.54, 1.807) is 13.3 Å². The Morgan fingerprint density at radius 2 is 2.00 bits per heavy atom. The minimum absolute atomic E-state index is 0.681. The average Bonchev–Trinajstić information content (AvgIpc) is 2.78. The molecule has 0 saturated carbocycles. The number of oxazole rings is 1.